The number of carbonyl (C=O) groups is 3. The summed E-state index contributed by atoms with van der Waals surface area (Å²) < 4.78 is 0. The molecule has 0 radical (unpaired) electrons. The fourth-order valence-electron chi connectivity index (χ4n) is 2.99. The third-order valence-electron chi connectivity index (χ3n) is 4.40. The van der Waals surface area contributed by atoms with Crippen LogP contribution in [-0.2, 0) is 20.8 Å². The Bertz CT molecular complexity index is 623. The SMILES string of the molecule is C[C@H](NC(=O)C(S)CCc1ccccc1)C(=O)N1CCC[C@H]1C(=O)O. The van der Waals surface area contributed by atoms with E-state index in [4.69, 9.17) is 5.11 Å². The first kappa shape index (κ1) is 19.3. The second-order valence-electron chi connectivity index (χ2n) is 6.30. The summed E-state index contributed by atoms with van der Waals surface area (Å²) in [4.78, 5) is 37.2. The molecule has 2 N–H and O–H groups in total. The van der Waals surface area contributed by atoms with Crippen LogP contribution in [-0.4, -0.2) is 51.7 Å². The number of aliphatic carboxylic acids is 1. The van der Waals surface area contributed by atoms with Gasteiger partial charge < -0.3 is 15.3 Å². The molecule has 7 heteroatoms. The van der Waals surface area contributed by atoms with Gasteiger partial charge in [0.25, 0.3) is 0 Å². The van der Waals surface area contributed by atoms with Gasteiger partial charge in [-0.25, -0.2) is 4.79 Å². The molecule has 0 bridgehead atoms. The smallest absolute Gasteiger partial charge is 0.326 e. The van der Waals surface area contributed by atoms with Crippen LogP contribution in [0.2, 0.25) is 0 Å². The Morgan fingerprint density at radius 1 is 1.32 bits per heavy atom. The van der Waals surface area contributed by atoms with Crippen molar-refractivity contribution in [2.45, 2.75) is 49.9 Å². The Kier molecular flexibility index (Phi) is 6.87. The maximum atomic E-state index is 12.4. The van der Waals surface area contributed by atoms with Crippen LogP contribution < -0.4 is 5.32 Å². The number of nitrogens with zero attached hydrogens (tertiary/aromatic N) is 1. The number of benzene rings is 1. The first-order valence-corrected chi connectivity index (χ1v) is 8.97. The van der Waals surface area contributed by atoms with Crippen molar-refractivity contribution in [3.63, 3.8) is 0 Å². The van der Waals surface area contributed by atoms with Crippen LogP contribution in [0.5, 0.6) is 0 Å². The Morgan fingerprint density at radius 2 is 2.00 bits per heavy atom. The van der Waals surface area contributed by atoms with Crippen molar-refractivity contribution in [2.24, 2.45) is 0 Å². The molecule has 1 aromatic carbocycles. The minimum absolute atomic E-state index is 0.314. The molecule has 0 spiro atoms. The van der Waals surface area contributed by atoms with Gasteiger partial charge in [0.2, 0.25) is 11.8 Å². The third-order valence-corrected chi connectivity index (χ3v) is 4.89. The molecular weight excluding hydrogens is 340 g/mol. The first-order valence-electron chi connectivity index (χ1n) is 8.45. The van der Waals surface area contributed by atoms with E-state index < -0.39 is 23.3 Å². The maximum Gasteiger partial charge on any atom is 0.326 e. The van der Waals surface area contributed by atoms with Crippen LogP contribution in [0.1, 0.15) is 31.7 Å². The lowest BCUT2D eigenvalue weighted by atomic mass is 10.1. The Labute approximate surface area is 153 Å². The second-order valence-corrected chi connectivity index (χ2v) is 6.92. The first-order chi connectivity index (χ1) is 11.9. The molecule has 136 valence electrons. The van der Waals surface area contributed by atoms with Crippen molar-refractivity contribution in [2.75, 3.05) is 6.54 Å². The highest BCUT2D eigenvalue weighted by molar-refractivity contribution is 7.81. The minimum atomic E-state index is -1.00. The number of likely N-dealkylation sites (tertiary alicyclic amines) is 1. The van der Waals surface area contributed by atoms with Gasteiger partial charge in [-0.1, -0.05) is 30.3 Å². The van der Waals surface area contributed by atoms with E-state index in [1.165, 1.54) is 4.90 Å². The Morgan fingerprint density at radius 3 is 2.64 bits per heavy atom. The molecule has 2 amide bonds. The number of hydrogen-bond donors (Lipinski definition) is 3. The lowest BCUT2D eigenvalue weighted by Gasteiger charge is -2.26. The van der Waals surface area contributed by atoms with E-state index in [0.29, 0.717) is 25.8 Å². The van der Waals surface area contributed by atoms with Gasteiger partial charge in [-0.3, -0.25) is 9.59 Å². The average molecular weight is 364 g/mol. The fraction of sp³-hybridized carbons (Fsp3) is 0.500. The summed E-state index contributed by atoms with van der Waals surface area (Å²) in [6.07, 6.45) is 2.39. The molecule has 0 saturated carbocycles. The summed E-state index contributed by atoms with van der Waals surface area (Å²) >= 11 is 4.33. The number of nitrogens with one attached hydrogen (secondary N) is 1. The van der Waals surface area contributed by atoms with E-state index in [2.05, 4.69) is 17.9 Å². The second kappa shape index (κ2) is 8.89. The van der Waals surface area contributed by atoms with Crippen LogP contribution in [0.25, 0.3) is 0 Å². The number of carboxylic acids is 1. The molecule has 1 heterocycles. The van der Waals surface area contributed by atoms with Gasteiger partial charge in [0.15, 0.2) is 0 Å². The molecule has 1 saturated heterocycles. The van der Waals surface area contributed by atoms with E-state index in [0.717, 1.165) is 12.0 Å². The molecular formula is C18H24N2O4S. The molecule has 0 aliphatic carbocycles. The van der Waals surface area contributed by atoms with Crippen molar-refractivity contribution in [3.8, 4) is 0 Å². The quantitative estimate of drug-likeness (QED) is 0.640. The number of amides is 2. The van der Waals surface area contributed by atoms with Gasteiger partial charge in [-0.15, -0.1) is 0 Å². The number of thiol groups is 1. The standard InChI is InChI=1S/C18H24N2O4S/c1-12(17(22)20-11-5-8-14(20)18(23)24)19-16(21)15(25)10-9-13-6-3-2-4-7-13/h2-4,6-7,12,14-15,25H,5,8-11H2,1H3,(H,19,21)(H,23,24)/t12-,14-,15?/m0/s1. The summed E-state index contributed by atoms with van der Waals surface area (Å²) in [6.45, 7) is 1.99. The Balaban J connectivity index is 1.84. The van der Waals surface area contributed by atoms with Crippen LogP contribution >= 0.6 is 12.6 Å². The summed E-state index contributed by atoms with van der Waals surface area (Å²) in [6, 6.07) is 8.24. The van der Waals surface area contributed by atoms with Gasteiger partial charge in [0.1, 0.15) is 12.1 Å². The van der Waals surface area contributed by atoms with Gasteiger partial charge in [-0.2, -0.15) is 12.6 Å². The number of carboxylic acid groups (broad SMARTS) is 1. The molecule has 1 aromatic rings. The molecule has 25 heavy (non-hydrogen) atoms. The van der Waals surface area contributed by atoms with Gasteiger partial charge >= 0.3 is 5.97 Å². The summed E-state index contributed by atoms with van der Waals surface area (Å²) in [5.41, 5.74) is 1.12. The number of carbonyl (C=O) groups excluding carboxylic acids is 2. The van der Waals surface area contributed by atoms with E-state index in [1.54, 1.807) is 6.92 Å². The summed E-state index contributed by atoms with van der Waals surface area (Å²) in [5, 5.41) is 11.3. The lowest BCUT2D eigenvalue weighted by molar-refractivity contribution is -0.149. The minimum Gasteiger partial charge on any atom is -0.480 e. The zero-order chi connectivity index (χ0) is 18.4. The van der Waals surface area contributed by atoms with Crippen LogP contribution in [0.3, 0.4) is 0 Å². The number of hydrogen-bond acceptors (Lipinski definition) is 4. The highest BCUT2D eigenvalue weighted by atomic mass is 32.1. The van der Waals surface area contributed by atoms with E-state index in [-0.39, 0.29) is 11.8 Å². The van der Waals surface area contributed by atoms with Crippen molar-refractivity contribution >= 4 is 30.4 Å². The maximum absolute atomic E-state index is 12.4. The largest absolute Gasteiger partial charge is 0.480 e. The lowest BCUT2D eigenvalue weighted by Crippen LogP contribution is -2.51. The zero-order valence-electron chi connectivity index (χ0n) is 14.2. The third kappa shape index (κ3) is 5.22. The van der Waals surface area contributed by atoms with E-state index >= 15 is 0 Å². The molecule has 6 nitrogen and oxygen atoms in total. The van der Waals surface area contributed by atoms with E-state index in [9.17, 15) is 14.4 Å². The molecule has 0 aromatic heterocycles. The molecule has 1 aliphatic heterocycles. The van der Waals surface area contributed by atoms with Gasteiger partial charge in [0, 0.05) is 6.54 Å². The summed E-state index contributed by atoms with van der Waals surface area (Å²) in [7, 11) is 0. The highest BCUT2D eigenvalue weighted by Crippen LogP contribution is 2.18. The van der Waals surface area contributed by atoms with Gasteiger partial charge in [0.05, 0.1) is 5.25 Å². The topological polar surface area (TPSA) is 86.7 Å². The molecule has 3 atom stereocenters. The fourth-order valence-corrected chi connectivity index (χ4v) is 3.19. The van der Waals surface area contributed by atoms with E-state index in [1.807, 2.05) is 30.3 Å². The molecule has 1 aliphatic rings. The predicted octanol–water partition coefficient (Wildman–Crippen LogP) is 1.50. The summed E-state index contributed by atoms with van der Waals surface area (Å²) in [5.74, 6) is -1.67. The monoisotopic (exact) mass is 364 g/mol. The van der Waals surface area contributed by atoms with Crippen molar-refractivity contribution in [1.29, 1.82) is 0 Å². The van der Waals surface area contributed by atoms with Crippen molar-refractivity contribution in [1.82, 2.24) is 10.2 Å². The Hall–Kier alpha value is -2.02. The van der Waals surface area contributed by atoms with Gasteiger partial charge in [-0.05, 0) is 38.2 Å². The zero-order valence-corrected chi connectivity index (χ0v) is 15.1. The molecule has 1 fully saturated rings. The van der Waals surface area contributed by atoms with Crippen LogP contribution in [0.4, 0.5) is 0 Å². The van der Waals surface area contributed by atoms with Crippen molar-refractivity contribution < 1.29 is 19.5 Å². The number of rotatable bonds is 7. The molecule has 2 rings (SSSR count). The number of aryl methyl sites for hydroxylation is 1. The van der Waals surface area contributed by atoms with Crippen molar-refractivity contribution in [3.05, 3.63) is 35.9 Å². The average Bonchev–Trinajstić information content (AvgIpc) is 3.09. The van der Waals surface area contributed by atoms with Crippen LogP contribution in [0.15, 0.2) is 30.3 Å². The molecule has 1 unspecified atom stereocenters. The highest BCUT2D eigenvalue weighted by Gasteiger charge is 2.36. The van der Waals surface area contributed by atoms with Crippen LogP contribution in [0, 0.1) is 0 Å². The predicted molar refractivity (Wildman–Crippen MR) is 97.5 cm³/mol. The normalized spacial score (nSPS) is 19.3.